The Morgan fingerprint density at radius 1 is 0.750 bits per heavy atom. The molecule has 77 valence electrons. The molecule has 0 atom stereocenters. The van der Waals surface area contributed by atoms with Crippen LogP contribution in [0.3, 0.4) is 0 Å². The summed E-state index contributed by atoms with van der Waals surface area (Å²) in [5.74, 6) is 0. The molecule has 0 rings (SSSR count). The van der Waals surface area contributed by atoms with E-state index >= 15 is 0 Å². The summed E-state index contributed by atoms with van der Waals surface area (Å²) in [5.41, 5.74) is -0.212. The molecule has 0 aliphatic rings. The van der Waals surface area contributed by atoms with E-state index in [0.29, 0.717) is 15.6 Å². The van der Waals surface area contributed by atoms with Crippen LogP contribution in [0, 0.1) is 0 Å². The van der Waals surface area contributed by atoms with E-state index < -0.39 is 0 Å². The third-order valence-corrected chi connectivity index (χ3v) is 2.03. The summed E-state index contributed by atoms with van der Waals surface area (Å²) in [4.78, 5) is 0. The second-order valence-electron chi connectivity index (χ2n) is 4.43. The molecule has 4 heteroatoms. The largest absolute Gasteiger partial charge is 1.00 e. The number of hydrogen-bond acceptors (Lipinski definition) is 2. The molecule has 0 aliphatic carbocycles. The Morgan fingerprint density at radius 3 is 1.17 bits per heavy atom. The molecular formula is C8H18ClFeO2. The van der Waals surface area contributed by atoms with Crippen LogP contribution in [0.1, 0.15) is 41.5 Å². The van der Waals surface area contributed by atoms with Gasteiger partial charge in [0.2, 0.25) is 0 Å². The van der Waals surface area contributed by atoms with E-state index in [1.807, 2.05) is 41.5 Å². The molecule has 0 unspecified atom stereocenters. The van der Waals surface area contributed by atoms with Gasteiger partial charge in [0, 0.05) is 0 Å². The molecule has 0 saturated carbocycles. The van der Waals surface area contributed by atoms with Crippen LogP contribution in [-0.2, 0) is 23.3 Å². The van der Waals surface area contributed by atoms with Crippen LogP contribution in [0.15, 0.2) is 0 Å². The van der Waals surface area contributed by atoms with Gasteiger partial charge in [0.25, 0.3) is 0 Å². The fourth-order valence-electron chi connectivity index (χ4n) is 0.192. The van der Waals surface area contributed by atoms with E-state index in [2.05, 4.69) is 0 Å². The van der Waals surface area contributed by atoms with Crippen molar-refractivity contribution in [3.8, 4) is 0 Å². The van der Waals surface area contributed by atoms with Crippen LogP contribution in [0.25, 0.3) is 0 Å². The summed E-state index contributed by atoms with van der Waals surface area (Å²) in [6.45, 7) is 12.1. The number of halogens is 1. The molecule has 0 N–H and O–H groups in total. The zero-order chi connectivity index (χ0) is 9.12. The van der Waals surface area contributed by atoms with E-state index in [4.69, 9.17) is 7.64 Å². The van der Waals surface area contributed by atoms with Gasteiger partial charge in [-0.3, -0.25) is 0 Å². The van der Waals surface area contributed by atoms with Crippen molar-refractivity contribution in [1.82, 2.24) is 0 Å². The van der Waals surface area contributed by atoms with Gasteiger partial charge in [-0.05, 0) is 0 Å². The van der Waals surface area contributed by atoms with Gasteiger partial charge in [0.05, 0.1) is 0 Å². The molecule has 0 saturated heterocycles. The second-order valence-corrected chi connectivity index (χ2v) is 5.06. The summed E-state index contributed by atoms with van der Waals surface area (Å²) >= 11 is 0.368. The topological polar surface area (TPSA) is 18.5 Å². The van der Waals surface area contributed by atoms with Gasteiger partial charge in [-0.25, -0.2) is 0 Å². The molecule has 0 fully saturated rings. The fraction of sp³-hybridized carbons (Fsp3) is 1.00. The number of hydrogen-bond donors (Lipinski definition) is 0. The first-order chi connectivity index (χ1) is 4.71. The normalized spacial score (nSPS) is 12.5. The molecule has 0 radical (unpaired) electrons. The van der Waals surface area contributed by atoms with Crippen molar-refractivity contribution in [2.75, 3.05) is 0 Å². The maximum Gasteiger partial charge on any atom is -1.00 e. The van der Waals surface area contributed by atoms with Gasteiger partial charge in [0.1, 0.15) is 0 Å². The van der Waals surface area contributed by atoms with Crippen molar-refractivity contribution in [2.45, 2.75) is 52.7 Å². The Hall–Kier alpha value is 0.729. The predicted molar refractivity (Wildman–Crippen MR) is 41.7 cm³/mol. The average molecular weight is 238 g/mol. The van der Waals surface area contributed by atoms with Crippen LogP contribution in [0.4, 0.5) is 0 Å². The maximum absolute atomic E-state index is 5.38. The Kier molecular flexibility index (Phi) is 6.92. The van der Waals surface area contributed by atoms with Crippen LogP contribution < -0.4 is 12.4 Å². The Balaban J connectivity index is 0. The molecule has 0 heterocycles. The maximum atomic E-state index is 5.38. The second kappa shape index (κ2) is 5.46. The fourth-order valence-corrected chi connectivity index (χ4v) is 0.790. The van der Waals surface area contributed by atoms with Gasteiger partial charge in [-0.2, -0.15) is 0 Å². The summed E-state index contributed by atoms with van der Waals surface area (Å²) in [6.07, 6.45) is 0. The van der Waals surface area contributed by atoms with Gasteiger partial charge >= 0.3 is 76.0 Å². The minimum Gasteiger partial charge on any atom is -1.00 e. The first-order valence-corrected chi connectivity index (χ1v) is 4.60. The summed E-state index contributed by atoms with van der Waals surface area (Å²) in [5, 5.41) is 0. The molecule has 0 aromatic heterocycles. The molecule has 2 nitrogen and oxygen atoms in total. The van der Waals surface area contributed by atoms with E-state index in [-0.39, 0.29) is 23.6 Å². The smallest absolute Gasteiger partial charge is 1.00 e. The first-order valence-electron chi connectivity index (χ1n) is 3.70. The molecular weight excluding hydrogens is 219 g/mol. The molecule has 0 aliphatic heterocycles. The first kappa shape index (κ1) is 15.2. The van der Waals surface area contributed by atoms with E-state index in [9.17, 15) is 0 Å². The number of rotatable bonds is 2. The molecule has 0 bridgehead atoms. The summed E-state index contributed by atoms with van der Waals surface area (Å²) < 4.78 is 10.8. The molecule has 0 amide bonds. The molecule has 0 spiro atoms. The van der Waals surface area contributed by atoms with Crippen LogP contribution >= 0.6 is 0 Å². The monoisotopic (exact) mass is 237 g/mol. The zero-order valence-corrected chi connectivity index (χ0v) is 10.4. The third-order valence-electron chi connectivity index (χ3n) is 0.492. The van der Waals surface area contributed by atoms with Crippen LogP contribution in [0.5, 0.6) is 0 Å². The van der Waals surface area contributed by atoms with Crippen molar-refractivity contribution in [2.24, 2.45) is 0 Å². The molecule has 0 aromatic rings. The van der Waals surface area contributed by atoms with Gasteiger partial charge in [-0.15, -0.1) is 0 Å². The van der Waals surface area contributed by atoms with Crippen molar-refractivity contribution < 1.29 is 35.7 Å². The average Bonchev–Trinajstić information content (AvgIpc) is 1.55. The molecule has 12 heavy (non-hydrogen) atoms. The third kappa shape index (κ3) is 13.3. The van der Waals surface area contributed by atoms with Crippen molar-refractivity contribution >= 4 is 0 Å². The van der Waals surface area contributed by atoms with Gasteiger partial charge in [0.15, 0.2) is 0 Å². The van der Waals surface area contributed by atoms with Crippen molar-refractivity contribution in [1.29, 1.82) is 0 Å². The Bertz CT molecular complexity index is 101. The minimum atomic E-state index is -0.106. The van der Waals surface area contributed by atoms with E-state index in [0.717, 1.165) is 0 Å². The summed E-state index contributed by atoms with van der Waals surface area (Å²) in [6, 6.07) is 0. The standard InChI is InChI=1S/2C4H9O.ClH.Fe/c2*1-4(2,3)5;;/h2*1-3H3;1H;/q2*-1;;+3/p-1. The SMILES string of the molecule is CC(C)(C)[O][Fe+][O]C(C)(C)C.[Cl-]. The van der Waals surface area contributed by atoms with Crippen LogP contribution in [-0.4, -0.2) is 11.2 Å². The van der Waals surface area contributed by atoms with Crippen LogP contribution in [0.2, 0.25) is 0 Å². The Labute approximate surface area is 88.6 Å². The predicted octanol–water partition coefficient (Wildman–Crippen LogP) is -0.467. The minimum absolute atomic E-state index is 0. The summed E-state index contributed by atoms with van der Waals surface area (Å²) in [7, 11) is 0. The molecule has 0 aromatic carbocycles. The van der Waals surface area contributed by atoms with Gasteiger partial charge < -0.3 is 12.4 Å². The van der Waals surface area contributed by atoms with E-state index in [1.54, 1.807) is 0 Å². The van der Waals surface area contributed by atoms with E-state index in [1.165, 1.54) is 0 Å². The van der Waals surface area contributed by atoms with Crippen molar-refractivity contribution in [3.05, 3.63) is 0 Å². The zero-order valence-electron chi connectivity index (χ0n) is 8.55. The Morgan fingerprint density at radius 2 is 1.00 bits per heavy atom. The van der Waals surface area contributed by atoms with Crippen molar-refractivity contribution in [3.63, 3.8) is 0 Å². The van der Waals surface area contributed by atoms with Gasteiger partial charge in [-0.1, -0.05) is 0 Å². The quantitative estimate of drug-likeness (QED) is 0.605.